The van der Waals surface area contributed by atoms with Gasteiger partial charge in [-0.15, -0.1) is 10.2 Å². The van der Waals surface area contributed by atoms with Gasteiger partial charge in [0.2, 0.25) is 5.13 Å². The van der Waals surface area contributed by atoms with Crippen LogP contribution in [0.3, 0.4) is 0 Å². The summed E-state index contributed by atoms with van der Waals surface area (Å²) in [6.45, 7) is 0. The number of rotatable bonds is 5. The van der Waals surface area contributed by atoms with Crippen LogP contribution in [0.1, 0.15) is 0 Å². The van der Waals surface area contributed by atoms with E-state index in [1.165, 1.54) is 11.3 Å². The molecular weight excluding hydrogens is 329 g/mol. The standard InChI is InChI=1S/C10H7Cl2N3O2S2/c11-5-1-2-6(12)7(3-5)13-9-14-15-10(19-9)18-4-8(16)17/h1-3H,4H2,(H,13,14)(H,16,17). The third-order valence-corrected chi connectivity index (χ3v) is 4.42. The highest BCUT2D eigenvalue weighted by atomic mass is 35.5. The van der Waals surface area contributed by atoms with E-state index in [-0.39, 0.29) is 5.75 Å². The number of aliphatic carboxylic acids is 1. The number of thioether (sulfide) groups is 1. The van der Waals surface area contributed by atoms with Gasteiger partial charge in [0.05, 0.1) is 16.5 Å². The molecule has 5 nitrogen and oxygen atoms in total. The first-order chi connectivity index (χ1) is 9.04. The molecule has 0 bridgehead atoms. The van der Waals surface area contributed by atoms with E-state index < -0.39 is 5.97 Å². The van der Waals surface area contributed by atoms with Gasteiger partial charge in [-0.2, -0.15) is 0 Å². The molecule has 1 aromatic carbocycles. The molecule has 100 valence electrons. The van der Waals surface area contributed by atoms with Crippen LogP contribution >= 0.6 is 46.3 Å². The fraction of sp³-hybridized carbons (Fsp3) is 0.100. The highest BCUT2D eigenvalue weighted by Gasteiger charge is 2.09. The molecule has 9 heteroatoms. The zero-order valence-electron chi connectivity index (χ0n) is 9.26. The number of carboxylic acid groups (broad SMARTS) is 1. The molecule has 2 rings (SSSR count). The van der Waals surface area contributed by atoms with Crippen LogP contribution in [0.4, 0.5) is 10.8 Å². The molecule has 0 aliphatic heterocycles. The van der Waals surface area contributed by atoms with Crippen LogP contribution in [-0.4, -0.2) is 27.0 Å². The Morgan fingerprint density at radius 1 is 1.42 bits per heavy atom. The highest BCUT2D eigenvalue weighted by molar-refractivity contribution is 8.01. The van der Waals surface area contributed by atoms with E-state index in [1.54, 1.807) is 18.2 Å². The van der Waals surface area contributed by atoms with Gasteiger partial charge in [0, 0.05) is 5.02 Å². The largest absolute Gasteiger partial charge is 0.481 e. The van der Waals surface area contributed by atoms with Crippen molar-refractivity contribution in [3.05, 3.63) is 28.2 Å². The van der Waals surface area contributed by atoms with Crippen molar-refractivity contribution in [2.45, 2.75) is 4.34 Å². The molecule has 0 aliphatic carbocycles. The third kappa shape index (κ3) is 4.24. The first kappa shape index (κ1) is 14.4. The molecule has 0 aliphatic rings. The number of aromatic nitrogens is 2. The van der Waals surface area contributed by atoms with E-state index in [2.05, 4.69) is 15.5 Å². The van der Waals surface area contributed by atoms with Gasteiger partial charge < -0.3 is 10.4 Å². The number of benzene rings is 1. The van der Waals surface area contributed by atoms with Gasteiger partial charge in [0.15, 0.2) is 4.34 Å². The van der Waals surface area contributed by atoms with Crippen LogP contribution in [-0.2, 0) is 4.79 Å². The molecule has 0 saturated carbocycles. The lowest BCUT2D eigenvalue weighted by atomic mass is 10.3. The number of nitrogens with zero attached hydrogens (tertiary/aromatic N) is 2. The minimum atomic E-state index is -0.896. The summed E-state index contributed by atoms with van der Waals surface area (Å²) < 4.78 is 0.572. The van der Waals surface area contributed by atoms with Gasteiger partial charge in [-0.1, -0.05) is 46.3 Å². The summed E-state index contributed by atoms with van der Waals surface area (Å²) in [6.07, 6.45) is 0. The fourth-order valence-electron chi connectivity index (χ4n) is 1.15. The smallest absolute Gasteiger partial charge is 0.313 e. The Morgan fingerprint density at radius 3 is 2.95 bits per heavy atom. The minimum absolute atomic E-state index is 0.0491. The Morgan fingerprint density at radius 2 is 2.21 bits per heavy atom. The molecule has 0 amide bonds. The maximum absolute atomic E-state index is 10.4. The van der Waals surface area contributed by atoms with Gasteiger partial charge in [0.25, 0.3) is 0 Å². The van der Waals surface area contributed by atoms with Crippen molar-refractivity contribution in [1.82, 2.24) is 10.2 Å². The van der Waals surface area contributed by atoms with Crippen molar-refractivity contribution in [1.29, 1.82) is 0 Å². The lowest BCUT2D eigenvalue weighted by molar-refractivity contribution is -0.133. The van der Waals surface area contributed by atoms with Crippen LogP contribution in [0.25, 0.3) is 0 Å². The summed E-state index contributed by atoms with van der Waals surface area (Å²) >= 11 is 14.2. The lowest BCUT2D eigenvalue weighted by Gasteiger charge is -2.04. The quantitative estimate of drug-likeness (QED) is 0.810. The van der Waals surface area contributed by atoms with Gasteiger partial charge >= 0.3 is 5.97 Å². The molecule has 0 fully saturated rings. The Labute approximate surface area is 127 Å². The molecule has 0 atom stereocenters. The maximum atomic E-state index is 10.4. The van der Waals surface area contributed by atoms with Gasteiger partial charge in [-0.05, 0) is 18.2 Å². The van der Waals surface area contributed by atoms with Crippen molar-refractivity contribution in [2.24, 2.45) is 0 Å². The van der Waals surface area contributed by atoms with Crippen LogP contribution < -0.4 is 5.32 Å². The van der Waals surface area contributed by atoms with E-state index >= 15 is 0 Å². The monoisotopic (exact) mass is 335 g/mol. The van der Waals surface area contributed by atoms with Crippen LogP contribution in [0.15, 0.2) is 22.5 Å². The minimum Gasteiger partial charge on any atom is -0.481 e. The Kier molecular flexibility index (Phi) is 4.87. The molecule has 2 N–H and O–H groups in total. The van der Waals surface area contributed by atoms with Gasteiger partial charge in [-0.25, -0.2) is 0 Å². The summed E-state index contributed by atoms with van der Waals surface area (Å²) in [6, 6.07) is 5.03. The van der Waals surface area contributed by atoms with E-state index in [0.717, 1.165) is 11.8 Å². The summed E-state index contributed by atoms with van der Waals surface area (Å²) in [7, 11) is 0. The summed E-state index contributed by atoms with van der Waals surface area (Å²) in [5.41, 5.74) is 0.625. The number of hydrogen-bond acceptors (Lipinski definition) is 6. The molecule has 19 heavy (non-hydrogen) atoms. The second-order valence-corrected chi connectivity index (χ2v) is 6.35. The van der Waals surface area contributed by atoms with Crippen molar-refractivity contribution in [3.8, 4) is 0 Å². The number of nitrogens with one attached hydrogen (secondary N) is 1. The zero-order valence-corrected chi connectivity index (χ0v) is 12.4. The third-order valence-electron chi connectivity index (χ3n) is 1.90. The second kappa shape index (κ2) is 6.42. The number of halogens is 2. The summed E-state index contributed by atoms with van der Waals surface area (Å²) in [5.74, 6) is -0.945. The topological polar surface area (TPSA) is 75.1 Å². The molecule has 0 unspecified atom stereocenters. The summed E-state index contributed by atoms with van der Waals surface area (Å²) in [5, 5.41) is 20.9. The van der Waals surface area contributed by atoms with Crippen molar-refractivity contribution in [3.63, 3.8) is 0 Å². The molecule has 2 aromatic rings. The molecule has 0 radical (unpaired) electrons. The predicted molar refractivity (Wildman–Crippen MR) is 78.0 cm³/mol. The Hall–Kier alpha value is -1.02. The van der Waals surface area contributed by atoms with Gasteiger partial charge in [0.1, 0.15) is 0 Å². The number of carboxylic acids is 1. The van der Waals surface area contributed by atoms with Crippen LogP contribution in [0.5, 0.6) is 0 Å². The van der Waals surface area contributed by atoms with Crippen LogP contribution in [0.2, 0.25) is 10.0 Å². The van der Waals surface area contributed by atoms with Crippen molar-refractivity contribution >= 4 is 63.1 Å². The average molecular weight is 336 g/mol. The maximum Gasteiger partial charge on any atom is 0.313 e. The van der Waals surface area contributed by atoms with Crippen molar-refractivity contribution in [2.75, 3.05) is 11.1 Å². The van der Waals surface area contributed by atoms with E-state index in [9.17, 15) is 4.79 Å². The van der Waals surface area contributed by atoms with Crippen LogP contribution in [0, 0.1) is 0 Å². The average Bonchev–Trinajstić information content (AvgIpc) is 2.79. The normalized spacial score (nSPS) is 10.4. The molecular formula is C10H7Cl2N3O2S2. The number of anilines is 2. The number of carbonyl (C=O) groups is 1. The zero-order chi connectivity index (χ0) is 13.8. The highest BCUT2D eigenvalue weighted by Crippen LogP contribution is 2.31. The van der Waals surface area contributed by atoms with Gasteiger partial charge in [-0.3, -0.25) is 4.79 Å². The molecule has 0 saturated heterocycles. The fourth-order valence-corrected chi connectivity index (χ4v) is 2.97. The first-order valence-electron chi connectivity index (χ1n) is 4.95. The summed E-state index contributed by atoms with van der Waals surface area (Å²) in [4.78, 5) is 10.4. The van der Waals surface area contributed by atoms with E-state index in [0.29, 0.717) is 25.2 Å². The second-order valence-electron chi connectivity index (χ2n) is 3.30. The van der Waals surface area contributed by atoms with E-state index in [4.69, 9.17) is 28.3 Å². The molecule has 0 spiro atoms. The van der Waals surface area contributed by atoms with Crippen molar-refractivity contribution < 1.29 is 9.90 Å². The SMILES string of the molecule is O=C(O)CSc1nnc(Nc2cc(Cl)ccc2Cl)s1. The Bertz CT molecular complexity index is 606. The lowest BCUT2D eigenvalue weighted by Crippen LogP contribution is -1.96. The Balaban J connectivity index is 2.07. The molecule has 1 aromatic heterocycles. The van der Waals surface area contributed by atoms with E-state index in [1.807, 2.05) is 0 Å². The predicted octanol–water partition coefficient (Wildman–Crippen LogP) is 3.77. The first-order valence-corrected chi connectivity index (χ1v) is 7.50. The number of hydrogen-bond donors (Lipinski definition) is 2. The molecule has 1 heterocycles.